The molecule has 16 heavy (non-hydrogen) atoms. The van der Waals surface area contributed by atoms with Crippen molar-refractivity contribution in [1.82, 2.24) is 9.78 Å². The summed E-state index contributed by atoms with van der Waals surface area (Å²) in [6.45, 7) is 2.06. The van der Waals surface area contributed by atoms with Gasteiger partial charge in [-0.1, -0.05) is 6.92 Å². The minimum atomic E-state index is -0.0931. The van der Waals surface area contributed by atoms with Gasteiger partial charge in [-0.05, 0) is 24.1 Å². The zero-order chi connectivity index (χ0) is 11.5. The Morgan fingerprint density at radius 3 is 2.88 bits per heavy atom. The summed E-state index contributed by atoms with van der Waals surface area (Å²) in [4.78, 5) is 0. The van der Waals surface area contributed by atoms with E-state index in [0.29, 0.717) is 0 Å². The van der Waals surface area contributed by atoms with E-state index in [1.54, 1.807) is 4.68 Å². The summed E-state index contributed by atoms with van der Waals surface area (Å²) in [6, 6.07) is 3.85. The minimum absolute atomic E-state index is 0.0931. The van der Waals surface area contributed by atoms with Gasteiger partial charge in [-0.15, -0.1) is 0 Å². The first-order valence-corrected chi connectivity index (χ1v) is 5.50. The molecule has 0 aromatic carbocycles. The van der Waals surface area contributed by atoms with E-state index >= 15 is 0 Å². The van der Waals surface area contributed by atoms with Crippen LogP contribution in [-0.2, 0) is 19.9 Å². The van der Waals surface area contributed by atoms with Crippen molar-refractivity contribution in [3.05, 3.63) is 41.6 Å². The van der Waals surface area contributed by atoms with Gasteiger partial charge >= 0.3 is 0 Å². The van der Waals surface area contributed by atoms with E-state index in [-0.39, 0.29) is 6.04 Å². The van der Waals surface area contributed by atoms with Crippen molar-refractivity contribution in [1.29, 1.82) is 0 Å². The van der Waals surface area contributed by atoms with Gasteiger partial charge in [-0.3, -0.25) is 4.68 Å². The van der Waals surface area contributed by atoms with E-state index in [9.17, 15) is 0 Å². The Hall–Kier alpha value is -1.55. The minimum Gasteiger partial charge on any atom is -0.464 e. The molecule has 86 valence electrons. The van der Waals surface area contributed by atoms with Gasteiger partial charge in [0.15, 0.2) is 0 Å². The van der Waals surface area contributed by atoms with Crippen LogP contribution in [0, 0.1) is 0 Å². The molecule has 2 aromatic heterocycles. The molecule has 0 aliphatic heterocycles. The molecule has 0 saturated heterocycles. The van der Waals surface area contributed by atoms with Crippen LogP contribution in [0.15, 0.2) is 28.9 Å². The number of furan rings is 1. The van der Waals surface area contributed by atoms with Crippen molar-refractivity contribution < 1.29 is 4.42 Å². The lowest BCUT2D eigenvalue weighted by Gasteiger charge is -2.06. The van der Waals surface area contributed by atoms with Crippen LogP contribution in [0.2, 0.25) is 0 Å². The molecule has 2 N–H and O–H groups in total. The number of hydrogen-bond donors (Lipinski definition) is 1. The van der Waals surface area contributed by atoms with E-state index in [4.69, 9.17) is 10.2 Å². The molecule has 0 fully saturated rings. The van der Waals surface area contributed by atoms with Crippen molar-refractivity contribution >= 4 is 0 Å². The molecular formula is C12H17N3O. The summed E-state index contributed by atoms with van der Waals surface area (Å²) >= 11 is 0. The number of rotatable bonds is 4. The zero-order valence-electron chi connectivity index (χ0n) is 9.68. The van der Waals surface area contributed by atoms with Gasteiger partial charge in [0.05, 0.1) is 12.2 Å². The first-order valence-electron chi connectivity index (χ1n) is 5.50. The Labute approximate surface area is 95.1 Å². The van der Waals surface area contributed by atoms with Crippen LogP contribution in [0.3, 0.4) is 0 Å². The molecule has 0 saturated carbocycles. The second kappa shape index (κ2) is 4.53. The van der Waals surface area contributed by atoms with Crippen molar-refractivity contribution in [2.24, 2.45) is 12.8 Å². The SMILES string of the molecule is CCc1ccc(C(N)Cc2cnn(C)c2)o1. The lowest BCUT2D eigenvalue weighted by Crippen LogP contribution is -2.12. The maximum atomic E-state index is 6.07. The standard InChI is InChI=1S/C12H17N3O/c1-3-10-4-5-12(16-10)11(13)6-9-7-14-15(2)8-9/h4-5,7-8,11H,3,6,13H2,1-2H3. The van der Waals surface area contributed by atoms with Gasteiger partial charge in [0, 0.05) is 19.7 Å². The Morgan fingerprint density at radius 2 is 2.31 bits per heavy atom. The van der Waals surface area contributed by atoms with Crippen molar-refractivity contribution in [2.75, 3.05) is 0 Å². The zero-order valence-corrected chi connectivity index (χ0v) is 9.68. The lowest BCUT2D eigenvalue weighted by atomic mass is 10.1. The number of hydrogen-bond acceptors (Lipinski definition) is 3. The quantitative estimate of drug-likeness (QED) is 0.853. The molecule has 2 rings (SSSR count). The molecule has 0 bridgehead atoms. The normalized spacial score (nSPS) is 12.9. The van der Waals surface area contributed by atoms with E-state index in [1.807, 2.05) is 31.6 Å². The predicted molar refractivity (Wildman–Crippen MR) is 61.9 cm³/mol. The summed E-state index contributed by atoms with van der Waals surface area (Å²) in [5.41, 5.74) is 7.20. The van der Waals surface area contributed by atoms with Crippen LogP contribution in [0.25, 0.3) is 0 Å². The largest absolute Gasteiger partial charge is 0.464 e. The van der Waals surface area contributed by atoms with Crippen molar-refractivity contribution in [2.45, 2.75) is 25.8 Å². The van der Waals surface area contributed by atoms with Crippen molar-refractivity contribution in [3.8, 4) is 0 Å². The van der Waals surface area contributed by atoms with Crippen LogP contribution in [0.4, 0.5) is 0 Å². The third kappa shape index (κ3) is 2.33. The molecule has 1 atom stereocenters. The topological polar surface area (TPSA) is 57.0 Å². The summed E-state index contributed by atoms with van der Waals surface area (Å²) in [5.74, 6) is 1.83. The third-order valence-corrected chi connectivity index (χ3v) is 2.61. The Morgan fingerprint density at radius 1 is 1.50 bits per heavy atom. The molecule has 4 heteroatoms. The number of nitrogens with two attached hydrogens (primary N) is 1. The molecule has 0 aliphatic rings. The summed E-state index contributed by atoms with van der Waals surface area (Å²) in [6.07, 6.45) is 5.47. The van der Waals surface area contributed by atoms with E-state index in [1.165, 1.54) is 0 Å². The first kappa shape index (κ1) is 11.0. The highest BCUT2D eigenvalue weighted by Gasteiger charge is 2.12. The molecule has 4 nitrogen and oxygen atoms in total. The van der Waals surface area contributed by atoms with E-state index in [0.717, 1.165) is 29.9 Å². The maximum Gasteiger partial charge on any atom is 0.121 e. The fourth-order valence-corrected chi connectivity index (χ4v) is 1.72. The number of aromatic nitrogens is 2. The van der Waals surface area contributed by atoms with Crippen LogP contribution >= 0.6 is 0 Å². The molecule has 0 aliphatic carbocycles. The summed E-state index contributed by atoms with van der Waals surface area (Å²) < 4.78 is 7.40. The molecule has 0 spiro atoms. The van der Waals surface area contributed by atoms with Crippen LogP contribution in [-0.4, -0.2) is 9.78 Å². The van der Waals surface area contributed by atoms with Crippen molar-refractivity contribution in [3.63, 3.8) is 0 Å². The smallest absolute Gasteiger partial charge is 0.121 e. The fourth-order valence-electron chi connectivity index (χ4n) is 1.72. The van der Waals surface area contributed by atoms with Gasteiger partial charge in [-0.2, -0.15) is 5.10 Å². The van der Waals surface area contributed by atoms with Gasteiger partial charge in [0.25, 0.3) is 0 Å². The molecular weight excluding hydrogens is 202 g/mol. The summed E-state index contributed by atoms with van der Waals surface area (Å²) in [5, 5.41) is 4.12. The highest BCUT2D eigenvalue weighted by atomic mass is 16.3. The molecule has 0 amide bonds. The average molecular weight is 219 g/mol. The van der Waals surface area contributed by atoms with Crippen LogP contribution < -0.4 is 5.73 Å². The van der Waals surface area contributed by atoms with Gasteiger partial charge in [-0.25, -0.2) is 0 Å². The molecule has 2 heterocycles. The van der Waals surface area contributed by atoms with Gasteiger partial charge < -0.3 is 10.2 Å². The lowest BCUT2D eigenvalue weighted by molar-refractivity contribution is 0.434. The first-order chi connectivity index (χ1) is 7.69. The average Bonchev–Trinajstić information content (AvgIpc) is 2.87. The van der Waals surface area contributed by atoms with Gasteiger partial charge in [0.2, 0.25) is 0 Å². The Kier molecular flexibility index (Phi) is 3.10. The molecule has 2 aromatic rings. The maximum absolute atomic E-state index is 6.07. The fraction of sp³-hybridized carbons (Fsp3) is 0.417. The number of aryl methyl sites for hydroxylation is 2. The van der Waals surface area contributed by atoms with Crippen LogP contribution in [0.1, 0.15) is 30.0 Å². The van der Waals surface area contributed by atoms with E-state index < -0.39 is 0 Å². The highest BCUT2D eigenvalue weighted by Crippen LogP contribution is 2.18. The monoisotopic (exact) mass is 219 g/mol. The molecule has 1 unspecified atom stereocenters. The Bertz CT molecular complexity index is 458. The van der Waals surface area contributed by atoms with E-state index in [2.05, 4.69) is 12.0 Å². The highest BCUT2D eigenvalue weighted by molar-refractivity contribution is 5.14. The third-order valence-electron chi connectivity index (χ3n) is 2.61. The van der Waals surface area contributed by atoms with Gasteiger partial charge in [0.1, 0.15) is 11.5 Å². The molecule has 0 radical (unpaired) electrons. The number of nitrogens with zero attached hydrogens (tertiary/aromatic N) is 2. The summed E-state index contributed by atoms with van der Waals surface area (Å²) in [7, 11) is 1.90. The Balaban J connectivity index is 2.05. The van der Waals surface area contributed by atoms with Crippen LogP contribution in [0.5, 0.6) is 0 Å². The predicted octanol–water partition coefficient (Wildman–Crippen LogP) is 1.82. The second-order valence-electron chi connectivity index (χ2n) is 3.99. The second-order valence-corrected chi connectivity index (χ2v) is 3.99.